The topological polar surface area (TPSA) is 60.1 Å². The average molecular weight is 283 g/mol. The highest BCUT2D eigenvalue weighted by atomic mass is 16.1. The lowest BCUT2D eigenvalue weighted by molar-refractivity contribution is -0.120. The largest absolute Gasteiger partial charge is 0.328 e. The van der Waals surface area contributed by atoms with E-state index in [4.69, 9.17) is 5.73 Å². The second-order valence-electron chi connectivity index (χ2n) is 5.74. The van der Waals surface area contributed by atoms with Crippen molar-refractivity contribution in [3.05, 3.63) is 48.8 Å². The Labute approximate surface area is 125 Å². The van der Waals surface area contributed by atoms with E-state index in [1.165, 1.54) is 0 Å². The van der Waals surface area contributed by atoms with E-state index in [0.717, 1.165) is 37.1 Å². The van der Waals surface area contributed by atoms with Crippen LogP contribution in [0.4, 0.5) is 5.69 Å². The lowest BCUT2D eigenvalue weighted by Crippen LogP contribution is -2.32. The maximum atomic E-state index is 12.3. The molecule has 110 valence electrons. The predicted octanol–water partition coefficient (Wildman–Crippen LogP) is 2.93. The SMILES string of the molecule is NC1CCC(C(=O)Nc2cccc(-n3cccc3)c2)CC1. The summed E-state index contributed by atoms with van der Waals surface area (Å²) >= 11 is 0. The number of benzene rings is 1. The molecule has 0 bridgehead atoms. The summed E-state index contributed by atoms with van der Waals surface area (Å²) in [5.41, 5.74) is 7.78. The first-order chi connectivity index (χ1) is 10.2. The van der Waals surface area contributed by atoms with Crippen molar-refractivity contribution in [3.63, 3.8) is 0 Å². The van der Waals surface area contributed by atoms with Crippen molar-refractivity contribution in [2.75, 3.05) is 5.32 Å². The number of nitrogens with one attached hydrogen (secondary N) is 1. The molecular formula is C17H21N3O. The summed E-state index contributed by atoms with van der Waals surface area (Å²) in [4.78, 5) is 12.3. The molecule has 3 N–H and O–H groups in total. The number of rotatable bonds is 3. The molecule has 0 spiro atoms. The van der Waals surface area contributed by atoms with Crippen LogP contribution >= 0.6 is 0 Å². The average Bonchev–Trinajstić information content (AvgIpc) is 3.02. The molecule has 21 heavy (non-hydrogen) atoms. The quantitative estimate of drug-likeness (QED) is 0.910. The van der Waals surface area contributed by atoms with E-state index in [0.29, 0.717) is 0 Å². The lowest BCUT2D eigenvalue weighted by atomic mass is 9.86. The molecule has 0 unspecified atom stereocenters. The van der Waals surface area contributed by atoms with Gasteiger partial charge in [0.25, 0.3) is 0 Å². The molecule has 1 aliphatic carbocycles. The molecule has 1 aliphatic rings. The Balaban J connectivity index is 1.67. The number of hydrogen-bond donors (Lipinski definition) is 2. The number of carbonyl (C=O) groups excluding carboxylic acids is 1. The molecule has 1 heterocycles. The minimum atomic E-state index is 0.0973. The van der Waals surface area contributed by atoms with Crippen LogP contribution in [0.2, 0.25) is 0 Å². The predicted molar refractivity (Wildman–Crippen MR) is 84.3 cm³/mol. The summed E-state index contributed by atoms with van der Waals surface area (Å²) in [6.45, 7) is 0. The molecule has 2 aromatic rings. The number of nitrogens with two attached hydrogens (primary N) is 1. The first kappa shape index (κ1) is 13.9. The van der Waals surface area contributed by atoms with Crippen molar-refractivity contribution < 1.29 is 4.79 Å². The van der Waals surface area contributed by atoms with Gasteiger partial charge in [0.05, 0.1) is 0 Å². The van der Waals surface area contributed by atoms with E-state index in [-0.39, 0.29) is 17.9 Å². The molecule has 0 atom stereocenters. The van der Waals surface area contributed by atoms with E-state index in [9.17, 15) is 4.79 Å². The normalized spacial score (nSPS) is 22.0. The number of aromatic nitrogens is 1. The second kappa shape index (κ2) is 6.14. The molecule has 1 saturated carbocycles. The van der Waals surface area contributed by atoms with Gasteiger partial charge in [0, 0.05) is 35.7 Å². The Morgan fingerprint density at radius 1 is 1.10 bits per heavy atom. The van der Waals surface area contributed by atoms with Gasteiger partial charge in [-0.25, -0.2) is 0 Å². The summed E-state index contributed by atoms with van der Waals surface area (Å²) in [5, 5.41) is 3.04. The van der Waals surface area contributed by atoms with Gasteiger partial charge in [-0.3, -0.25) is 4.79 Å². The molecule has 3 rings (SSSR count). The number of amides is 1. The first-order valence-corrected chi connectivity index (χ1v) is 7.52. The molecule has 0 radical (unpaired) electrons. The second-order valence-corrected chi connectivity index (χ2v) is 5.74. The van der Waals surface area contributed by atoms with Crippen LogP contribution in [0, 0.1) is 5.92 Å². The minimum Gasteiger partial charge on any atom is -0.328 e. The monoisotopic (exact) mass is 283 g/mol. The molecule has 1 aromatic carbocycles. The zero-order chi connectivity index (χ0) is 14.7. The first-order valence-electron chi connectivity index (χ1n) is 7.52. The number of hydrogen-bond acceptors (Lipinski definition) is 2. The van der Waals surface area contributed by atoms with Crippen molar-refractivity contribution in [2.24, 2.45) is 11.7 Å². The van der Waals surface area contributed by atoms with Crippen LogP contribution in [0.5, 0.6) is 0 Å². The Morgan fingerprint density at radius 2 is 1.81 bits per heavy atom. The number of anilines is 1. The Hall–Kier alpha value is -2.07. The van der Waals surface area contributed by atoms with Crippen molar-refractivity contribution in [1.82, 2.24) is 4.57 Å². The van der Waals surface area contributed by atoms with Crippen molar-refractivity contribution in [1.29, 1.82) is 0 Å². The van der Waals surface area contributed by atoms with Crippen LogP contribution in [0.1, 0.15) is 25.7 Å². The van der Waals surface area contributed by atoms with Gasteiger partial charge >= 0.3 is 0 Å². The smallest absolute Gasteiger partial charge is 0.227 e. The standard InChI is InChI=1S/C17H21N3O/c18-14-8-6-13(7-9-14)17(21)19-15-4-3-5-16(12-15)20-10-1-2-11-20/h1-5,10-14H,6-9,18H2,(H,19,21). The van der Waals surface area contributed by atoms with E-state index in [1.54, 1.807) is 0 Å². The number of carbonyl (C=O) groups is 1. The van der Waals surface area contributed by atoms with Crippen molar-refractivity contribution in [2.45, 2.75) is 31.7 Å². The zero-order valence-corrected chi connectivity index (χ0v) is 12.0. The van der Waals surface area contributed by atoms with Gasteiger partial charge in [-0.1, -0.05) is 6.07 Å². The summed E-state index contributed by atoms with van der Waals surface area (Å²) < 4.78 is 2.02. The summed E-state index contributed by atoms with van der Waals surface area (Å²) in [6, 6.07) is 12.1. The van der Waals surface area contributed by atoms with E-state index in [1.807, 2.05) is 53.4 Å². The fraction of sp³-hybridized carbons (Fsp3) is 0.353. The van der Waals surface area contributed by atoms with Gasteiger partial charge in [0.2, 0.25) is 5.91 Å². The van der Waals surface area contributed by atoms with Crippen LogP contribution in [-0.2, 0) is 4.79 Å². The third kappa shape index (κ3) is 3.34. The maximum Gasteiger partial charge on any atom is 0.227 e. The zero-order valence-electron chi connectivity index (χ0n) is 12.0. The van der Waals surface area contributed by atoms with Crippen LogP contribution < -0.4 is 11.1 Å². The lowest BCUT2D eigenvalue weighted by Gasteiger charge is -2.25. The van der Waals surface area contributed by atoms with Gasteiger partial charge in [0.1, 0.15) is 0 Å². The Kier molecular flexibility index (Phi) is 4.06. The fourth-order valence-corrected chi connectivity index (χ4v) is 2.88. The molecule has 4 nitrogen and oxygen atoms in total. The molecule has 0 aliphatic heterocycles. The van der Waals surface area contributed by atoms with Gasteiger partial charge in [-0.2, -0.15) is 0 Å². The minimum absolute atomic E-state index is 0.0973. The molecule has 0 saturated heterocycles. The van der Waals surface area contributed by atoms with Gasteiger partial charge in [0.15, 0.2) is 0 Å². The third-order valence-electron chi connectivity index (χ3n) is 4.16. The van der Waals surface area contributed by atoms with Gasteiger partial charge < -0.3 is 15.6 Å². The molecule has 1 amide bonds. The highest BCUT2D eigenvalue weighted by molar-refractivity contribution is 5.92. The van der Waals surface area contributed by atoms with E-state index in [2.05, 4.69) is 5.32 Å². The van der Waals surface area contributed by atoms with Gasteiger partial charge in [-0.05, 0) is 56.0 Å². The molecule has 1 aromatic heterocycles. The van der Waals surface area contributed by atoms with Crippen LogP contribution in [0.25, 0.3) is 5.69 Å². The molecular weight excluding hydrogens is 262 g/mol. The van der Waals surface area contributed by atoms with Crippen molar-refractivity contribution >= 4 is 11.6 Å². The van der Waals surface area contributed by atoms with Crippen molar-refractivity contribution in [3.8, 4) is 5.69 Å². The highest BCUT2D eigenvalue weighted by Crippen LogP contribution is 2.25. The van der Waals surface area contributed by atoms with Crippen LogP contribution in [0.3, 0.4) is 0 Å². The highest BCUT2D eigenvalue weighted by Gasteiger charge is 2.24. The Morgan fingerprint density at radius 3 is 2.52 bits per heavy atom. The van der Waals surface area contributed by atoms with E-state index >= 15 is 0 Å². The third-order valence-corrected chi connectivity index (χ3v) is 4.16. The van der Waals surface area contributed by atoms with Crippen LogP contribution in [-0.4, -0.2) is 16.5 Å². The molecule has 4 heteroatoms. The fourth-order valence-electron chi connectivity index (χ4n) is 2.88. The Bertz CT molecular complexity index is 598. The summed E-state index contributed by atoms with van der Waals surface area (Å²) in [6.07, 6.45) is 7.66. The van der Waals surface area contributed by atoms with Gasteiger partial charge in [-0.15, -0.1) is 0 Å². The summed E-state index contributed by atoms with van der Waals surface area (Å²) in [5.74, 6) is 0.214. The maximum absolute atomic E-state index is 12.3. The number of nitrogens with zero attached hydrogens (tertiary/aromatic N) is 1. The molecule has 1 fully saturated rings. The van der Waals surface area contributed by atoms with E-state index < -0.39 is 0 Å². The van der Waals surface area contributed by atoms with Crippen LogP contribution in [0.15, 0.2) is 48.8 Å². The summed E-state index contributed by atoms with van der Waals surface area (Å²) in [7, 11) is 0.